The van der Waals surface area contributed by atoms with Crippen LogP contribution in [0.5, 0.6) is 0 Å². The zero-order chi connectivity index (χ0) is 30.8. The number of hydrogen-bond donors (Lipinski definition) is 3. The summed E-state index contributed by atoms with van der Waals surface area (Å²) in [6, 6.07) is 9.98. The minimum Gasteiger partial charge on any atom is -0.453 e. The molecule has 224 valence electrons. The predicted molar refractivity (Wildman–Crippen MR) is 157 cm³/mol. The van der Waals surface area contributed by atoms with Crippen molar-refractivity contribution < 1.29 is 33.0 Å². The second kappa shape index (κ2) is 12.5. The Morgan fingerprint density at radius 2 is 1.95 bits per heavy atom. The zero-order valence-electron chi connectivity index (χ0n) is 23.4. The Balaban J connectivity index is 1.55. The molecule has 0 saturated heterocycles. The van der Waals surface area contributed by atoms with Gasteiger partial charge in [0, 0.05) is 36.0 Å². The molecule has 2 aliphatic heterocycles. The fraction of sp³-hybridized carbons (Fsp3) is 0.290. The highest BCUT2D eigenvalue weighted by atomic mass is 35.5. The second-order valence-corrected chi connectivity index (χ2v) is 11.0. The van der Waals surface area contributed by atoms with E-state index >= 15 is 0 Å². The van der Waals surface area contributed by atoms with Crippen molar-refractivity contribution in [1.29, 1.82) is 0 Å². The Bertz CT molecular complexity index is 1630. The van der Waals surface area contributed by atoms with E-state index < -0.39 is 41.7 Å². The number of carbonyl (C=O) groups excluding carboxylic acids is 3. The first-order chi connectivity index (χ1) is 20.5. The normalized spacial score (nSPS) is 20.7. The number of methoxy groups -OCH3 is 1. The average Bonchev–Trinajstić information content (AvgIpc) is 2.98. The van der Waals surface area contributed by atoms with Crippen LogP contribution in [0.25, 0.3) is 16.7 Å². The number of aliphatic hydroxyl groups excluding tert-OH is 1. The Kier molecular flexibility index (Phi) is 8.74. The molecule has 3 aromatic rings. The summed E-state index contributed by atoms with van der Waals surface area (Å²) in [5.74, 6) is -3.19. The van der Waals surface area contributed by atoms with Gasteiger partial charge in [-0.15, -0.1) is 0 Å². The molecule has 0 saturated carbocycles. The lowest BCUT2D eigenvalue weighted by Gasteiger charge is -2.35. The van der Waals surface area contributed by atoms with Crippen LogP contribution in [0.1, 0.15) is 43.5 Å². The summed E-state index contributed by atoms with van der Waals surface area (Å²) < 4.78 is 34.0. The summed E-state index contributed by atoms with van der Waals surface area (Å²) in [5, 5.41) is 16.3. The Morgan fingerprint density at radius 1 is 1.16 bits per heavy atom. The molecule has 2 aromatic carbocycles. The van der Waals surface area contributed by atoms with Crippen LogP contribution in [0.15, 0.2) is 54.7 Å². The monoisotopic (exact) mass is 610 g/mol. The number of anilines is 2. The predicted octanol–water partition coefficient (Wildman–Crippen LogP) is 5.94. The minimum atomic E-state index is -0.983. The second-order valence-electron chi connectivity index (χ2n) is 10.5. The van der Waals surface area contributed by atoms with Gasteiger partial charge < -0.3 is 20.1 Å². The molecule has 0 unspecified atom stereocenters. The number of rotatable bonds is 3. The number of amides is 3. The molecule has 2 bridgehead atoms. The molecule has 0 spiro atoms. The molecule has 3 N–H and O–H groups in total. The molecule has 12 heteroatoms. The van der Waals surface area contributed by atoms with Gasteiger partial charge in [-0.05, 0) is 66.8 Å². The van der Waals surface area contributed by atoms with Crippen LogP contribution < -0.4 is 10.6 Å². The van der Waals surface area contributed by atoms with Crippen LogP contribution >= 0.6 is 11.6 Å². The highest BCUT2D eigenvalue weighted by Gasteiger charge is 2.33. The summed E-state index contributed by atoms with van der Waals surface area (Å²) in [6.07, 6.45) is 1.42. The third-order valence-corrected chi connectivity index (χ3v) is 7.95. The number of halogens is 3. The fourth-order valence-electron chi connectivity index (χ4n) is 5.46. The smallest absolute Gasteiger partial charge is 0.411 e. The van der Waals surface area contributed by atoms with E-state index in [1.54, 1.807) is 43.5 Å². The standard InChI is InChI=1S/C31H29ClF2N4O5/c1-16-11-20(39)15-26(38-10-8-18(13-27(38)40)28-23(33)6-5-22(32)29(28)34)25-12-17(7-9-35-25)21-4-3-19(36-31(42)43-2)14-24(21)37-30(16)41/h3-7,9,12-14,16,20,26,39H,8,10-11,15H2,1-2H3,(H,36,42)(H,37,41)/t16-,20-,26+/m1/s1. The Labute approximate surface area is 251 Å². The molecule has 3 amide bonds. The van der Waals surface area contributed by atoms with Crippen LogP contribution in [-0.2, 0) is 14.3 Å². The van der Waals surface area contributed by atoms with E-state index in [1.165, 1.54) is 18.1 Å². The molecule has 3 atom stereocenters. The van der Waals surface area contributed by atoms with E-state index in [4.69, 9.17) is 11.6 Å². The highest BCUT2D eigenvalue weighted by molar-refractivity contribution is 6.31. The summed E-state index contributed by atoms with van der Waals surface area (Å²) in [7, 11) is 1.24. The van der Waals surface area contributed by atoms with Gasteiger partial charge in [0.2, 0.25) is 11.8 Å². The van der Waals surface area contributed by atoms with Crippen LogP contribution in [-0.4, -0.2) is 52.7 Å². The third-order valence-electron chi connectivity index (χ3n) is 7.66. The Hall–Kier alpha value is -4.35. The van der Waals surface area contributed by atoms with Gasteiger partial charge in [0.25, 0.3) is 0 Å². The van der Waals surface area contributed by atoms with Crippen molar-refractivity contribution in [3.63, 3.8) is 0 Å². The summed E-state index contributed by atoms with van der Waals surface area (Å²) in [5.41, 5.74) is 2.46. The number of nitrogens with one attached hydrogen (secondary N) is 2. The molecular weight excluding hydrogens is 582 g/mol. The maximum atomic E-state index is 14.7. The van der Waals surface area contributed by atoms with Crippen LogP contribution in [0, 0.1) is 17.6 Å². The number of nitrogens with zero attached hydrogens (tertiary/aromatic N) is 2. The number of carbonyl (C=O) groups is 3. The van der Waals surface area contributed by atoms with Crippen LogP contribution in [0.3, 0.4) is 0 Å². The first kappa shape index (κ1) is 30.1. The number of pyridine rings is 1. The van der Waals surface area contributed by atoms with E-state index in [1.807, 2.05) is 0 Å². The van der Waals surface area contributed by atoms with E-state index in [-0.39, 0.29) is 47.9 Å². The number of fused-ring (bicyclic) bond motifs is 4. The SMILES string of the molecule is COC(=O)Nc1ccc2c(c1)NC(=O)[C@H](C)C[C@@H](O)C[C@H](N1CCC(c3c(F)ccc(Cl)c3F)=CC1=O)c1cc-2ccn1. The van der Waals surface area contributed by atoms with E-state index in [9.17, 15) is 28.3 Å². The average molecular weight is 611 g/mol. The summed E-state index contributed by atoms with van der Waals surface area (Å²) >= 11 is 5.88. The van der Waals surface area contributed by atoms with Gasteiger partial charge in [-0.2, -0.15) is 0 Å². The lowest BCUT2D eigenvalue weighted by molar-refractivity contribution is -0.130. The van der Waals surface area contributed by atoms with Crippen molar-refractivity contribution in [3.8, 4) is 11.1 Å². The molecular formula is C31H29ClF2N4O5. The lowest BCUT2D eigenvalue weighted by Crippen LogP contribution is -2.39. The molecule has 1 aromatic heterocycles. The van der Waals surface area contributed by atoms with Crippen LogP contribution in [0.2, 0.25) is 5.02 Å². The van der Waals surface area contributed by atoms with Gasteiger partial charge in [0.05, 0.1) is 41.2 Å². The van der Waals surface area contributed by atoms with Crippen molar-refractivity contribution in [3.05, 3.63) is 82.7 Å². The Morgan fingerprint density at radius 3 is 2.70 bits per heavy atom. The highest BCUT2D eigenvalue weighted by Crippen LogP contribution is 2.38. The molecule has 9 nitrogen and oxygen atoms in total. The maximum absolute atomic E-state index is 14.7. The lowest BCUT2D eigenvalue weighted by atomic mass is 9.91. The molecule has 43 heavy (non-hydrogen) atoms. The van der Waals surface area contributed by atoms with Crippen LogP contribution in [0.4, 0.5) is 25.0 Å². The van der Waals surface area contributed by atoms with Crippen molar-refractivity contribution in [2.45, 2.75) is 38.3 Å². The third kappa shape index (κ3) is 6.37. The number of hydrogen-bond acceptors (Lipinski definition) is 6. The van der Waals surface area contributed by atoms with Gasteiger partial charge in [-0.3, -0.25) is 19.9 Å². The van der Waals surface area contributed by atoms with E-state index in [0.29, 0.717) is 28.2 Å². The molecule has 3 heterocycles. The number of benzene rings is 2. The van der Waals surface area contributed by atoms with E-state index in [2.05, 4.69) is 20.4 Å². The van der Waals surface area contributed by atoms with Gasteiger partial charge in [0.15, 0.2) is 5.82 Å². The molecule has 2 aliphatic rings. The number of aliphatic hydroxyl groups is 1. The number of aromatic nitrogens is 1. The zero-order valence-corrected chi connectivity index (χ0v) is 24.1. The first-order valence-corrected chi connectivity index (χ1v) is 14.0. The first-order valence-electron chi connectivity index (χ1n) is 13.6. The van der Waals surface area contributed by atoms with E-state index in [0.717, 1.165) is 12.1 Å². The van der Waals surface area contributed by atoms with Gasteiger partial charge >= 0.3 is 6.09 Å². The molecule has 0 aliphatic carbocycles. The topological polar surface area (TPSA) is 121 Å². The largest absolute Gasteiger partial charge is 0.453 e. The summed E-state index contributed by atoms with van der Waals surface area (Å²) in [4.78, 5) is 44.5. The van der Waals surface area contributed by atoms with Crippen molar-refractivity contribution in [2.75, 3.05) is 24.3 Å². The fourth-order valence-corrected chi connectivity index (χ4v) is 5.62. The maximum Gasteiger partial charge on any atom is 0.411 e. The van der Waals surface area contributed by atoms with Gasteiger partial charge in [-0.1, -0.05) is 24.6 Å². The van der Waals surface area contributed by atoms with Gasteiger partial charge in [-0.25, -0.2) is 13.6 Å². The quantitative estimate of drug-likeness (QED) is 0.316. The van der Waals surface area contributed by atoms with Crippen molar-refractivity contribution in [1.82, 2.24) is 9.88 Å². The molecule has 0 fully saturated rings. The van der Waals surface area contributed by atoms with Crippen molar-refractivity contribution >= 4 is 46.5 Å². The molecule has 5 rings (SSSR count). The summed E-state index contributed by atoms with van der Waals surface area (Å²) in [6.45, 7) is 1.79. The molecule has 0 radical (unpaired) electrons. The van der Waals surface area contributed by atoms with Gasteiger partial charge in [0.1, 0.15) is 5.82 Å². The minimum absolute atomic E-state index is 0.0811. The van der Waals surface area contributed by atoms with Crippen molar-refractivity contribution in [2.24, 2.45) is 5.92 Å². The number of ether oxygens (including phenoxy) is 1.